The van der Waals surface area contributed by atoms with Crippen molar-refractivity contribution in [3.05, 3.63) is 101 Å². The van der Waals surface area contributed by atoms with E-state index in [9.17, 15) is 19.2 Å². The molecule has 0 saturated carbocycles. The van der Waals surface area contributed by atoms with Gasteiger partial charge in [-0.1, -0.05) is 49.4 Å². The Kier molecular flexibility index (Phi) is 6.31. The summed E-state index contributed by atoms with van der Waals surface area (Å²) in [5.41, 5.74) is 2.23. The SMILES string of the molecule is CCCNC(=O)c1ccccc1NC(=O)c1ccc2c(c1)C(=O)N(Cc1ccccc1)C2=O. The van der Waals surface area contributed by atoms with Crippen molar-refractivity contribution in [2.75, 3.05) is 11.9 Å². The molecule has 4 rings (SSSR count). The molecule has 0 atom stereocenters. The van der Waals surface area contributed by atoms with Crippen LogP contribution in [0.1, 0.15) is 60.3 Å². The lowest BCUT2D eigenvalue weighted by Gasteiger charge is -2.13. The molecule has 0 saturated heterocycles. The minimum atomic E-state index is -0.477. The molecule has 4 amide bonds. The highest BCUT2D eigenvalue weighted by Gasteiger charge is 2.36. The monoisotopic (exact) mass is 441 g/mol. The van der Waals surface area contributed by atoms with Gasteiger partial charge in [-0.3, -0.25) is 24.1 Å². The molecule has 0 fully saturated rings. The first kappa shape index (κ1) is 22.0. The molecule has 0 bridgehead atoms. The van der Waals surface area contributed by atoms with Crippen LogP contribution in [0.5, 0.6) is 0 Å². The number of anilines is 1. The van der Waals surface area contributed by atoms with E-state index in [1.807, 2.05) is 37.3 Å². The molecular weight excluding hydrogens is 418 g/mol. The van der Waals surface area contributed by atoms with Crippen molar-refractivity contribution in [1.82, 2.24) is 10.2 Å². The summed E-state index contributed by atoms with van der Waals surface area (Å²) in [7, 11) is 0. The van der Waals surface area contributed by atoms with Gasteiger partial charge >= 0.3 is 0 Å². The maximum absolute atomic E-state index is 12.9. The Morgan fingerprint density at radius 3 is 2.27 bits per heavy atom. The number of carbonyl (C=O) groups excluding carboxylic acids is 4. The summed E-state index contributed by atoms with van der Waals surface area (Å²) < 4.78 is 0. The van der Waals surface area contributed by atoms with Crippen molar-refractivity contribution in [2.45, 2.75) is 19.9 Å². The largest absolute Gasteiger partial charge is 0.352 e. The molecular formula is C26H23N3O4. The van der Waals surface area contributed by atoms with Gasteiger partial charge in [0.25, 0.3) is 23.6 Å². The lowest BCUT2D eigenvalue weighted by atomic mass is 10.0. The van der Waals surface area contributed by atoms with Gasteiger partial charge in [0.05, 0.1) is 28.9 Å². The van der Waals surface area contributed by atoms with E-state index < -0.39 is 11.8 Å². The van der Waals surface area contributed by atoms with Gasteiger partial charge in [0.15, 0.2) is 0 Å². The zero-order valence-electron chi connectivity index (χ0n) is 18.1. The van der Waals surface area contributed by atoms with Crippen LogP contribution in [0, 0.1) is 0 Å². The van der Waals surface area contributed by atoms with E-state index in [0.717, 1.165) is 12.0 Å². The number of hydrogen-bond donors (Lipinski definition) is 2. The topological polar surface area (TPSA) is 95.6 Å². The van der Waals surface area contributed by atoms with Gasteiger partial charge in [0.1, 0.15) is 0 Å². The second kappa shape index (κ2) is 9.48. The first-order chi connectivity index (χ1) is 16.0. The van der Waals surface area contributed by atoms with E-state index in [4.69, 9.17) is 0 Å². The highest BCUT2D eigenvalue weighted by molar-refractivity contribution is 6.22. The van der Waals surface area contributed by atoms with E-state index in [-0.39, 0.29) is 35.0 Å². The summed E-state index contributed by atoms with van der Waals surface area (Å²) in [6, 6.07) is 20.4. The number of fused-ring (bicyclic) bond motifs is 1. The van der Waals surface area contributed by atoms with Crippen LogP contribution in [-0.4, -0.2) is 35.1 Å². The molecule has 0 spiro atoms. The molecule has 0 radical (unpaired) electrons. The van der Waals surface area contributed by atoms with Crippen molar-refractivity contribution >= 4 is 29.3 Å². The molecule has 7 nitrogen and oxygen atoms in total. The molecule has 1 heterocycles. The van der Waals surface area contributed by atoms with E-state index in [1.165, 1.54) is 23.1 Å². The Hall–Kier alpha value is -4.26. The molecule has 0 aromatic heterocycles. The fourth-order valence-electron chi connectivity index (χ4n) is 3.66. The normalized spacial score (nSPS) is 12.5. The van der Waals surface area contributed by atoms with Gasteiger partial charge in [0, 0.05) is 12.1 Å². The van der Waals surface area contributed by atoms with E-state index in [1.54, 1.807) is 24.3 Å². The van der Waals surface area contributed by atoms with Crippen molar-refractivity contribution in [1.29, 1.82) is 0 Å². The second-order valence-electron chi connectivity index (χ2n) is 7.70. The lowest BCUT2D eigenvalue weighted by molar-refractivity contribution is 0.0641. The number of nitrogens with one attached hydrogen (secondary N) is 2. The van der Waals surface area contributed by atoms with Gasteiger partial charge < -0.3 is 10.6 Å². The maximum atomic E-state index is 12.9. The number of nitrogens with zero attached hydrogens (tertiary/aromatic N) is 1. The van der Waals surface area contributed by atoms with Gasteiger partial charge in [-0.05, 0) is 42.3 Å². The summed E-state index contributed by atoms with van der Waals surface area (Å²) in [6.45, 7) is 2.64. The highest BCUT2D eigenvalue weighted by atomic mass is 16.2. The third-order valence-electron chi connectivity index (χ3n) is 5.37. The van der Waals surface area contributed by atoms with Crippen molar-refractivity contribution in [2.24, 2.45) is 0 Å². The Labute approximate surface area is 191 Å². The molecule has 33 heavy (non-hydrogen) atoms. The Morgan fingerprint density at radius 2 is 1.52 bits per heavy atom. The first-order valence-electron chi connectivity index (χ1n) is 10.7. The summed E-state index contributed by atoms with van der Waals surface area (Å²) >= 11 is 0. The lowest BCUT2D eigenvalue weighted by Crippen LogP contribution is -2.29. The number of hydrogen-bond acceptors (Lipinski definition) is 4. The van der Waals surface area contributed by atoms with Crippen molar-refractivity contribution in [3.8, 4) is 0 Å². The smallest absolute Gasteiger partial charge is 0.261 e. The first-order valence-corrected chi connectivity index (χ1v) is 10.7. The fourth-order valence-corrected chi connectivity index (χ4v) is 3.66. The average molecular weight is 441 g/mol. The molecule has 2 N–H and O–H groups in total. The Morgan fingerprint density at radius 1 is 0.818 bits per heavy atom. The van der Waals surface area contributed by atoms with Gasteiger partial charge in [-0.25, -0.2) is 0 Å². The third kappa shape index (κ3) is 4.52. The predicted octanol–water partition coefficient (Wildman–Crippen LogP) is 3.87. The quantitative estimate of drug-likeness (QED) is 0.544. The molecule has 3 aromatic rings. The minimum absolute atomic E-state index is 0.162. The third-order valence-corrected chi connectivity index (χ3v) is 5.37. The molecule has 1 aliphatic heterocycles. The van der Waals surface area contributed by atoms with Crippen LogP contribution in [-0.2, 0) is 6.54 Å². The fraction of sp³-hybridized carbons (Fsp3) is 0.154. The van der Waals surface area contributed by atoms with E-state index in [0.29, 0.717) is 17.8 Å². The number of imide groups is 1. The maximum Gasteiger partial charge on any atom is 0.261 e. The van der Waals surface area contributed by atoms with Crippen LogP contribution >= 0.6 is 0 Å². The second-order valence-corrected chi connectivity index (χ2v) is 7.70. The molecule has 3 aromatic carbocycles. The molecule has 166 valence electrons. The molecule has 0 unspecified atom stereocenters. The van der Waals surface area contributed by atoms with E-state index in [2.05, 4.69) is 10.6 Å². The van der Waals surface area contributed by atoms with Crippen LogP contribution in [0.3, 0.4) is 0 Å². The van der Waals surface area contributed by atoms with E-state index >= 15 is 0 Å². The molecule has 1 aliphatic rings. The van der Waals surface area contributed by atoms with Crippen LogP contribution < -0.4 is 10.6 Å². The highest BCUT2D eigenvalue weighted by Crippen LogP contribution is 2.26. The van der Waals surface area contributed by atoms with Gasteiger partial charge in [-0.15, -0.1) is 0 Å². The minimum Gasteiger partial charge on any atom is -0.352 e. The van der Waals surface area contributed by atoms with Crippen molar-refractivity contribution in [3.63, 3.8) is 0 Å². The summed E-state index contributed by atoms with van der Waals surface area (Å²) in [6.07, 6.45) is 0.795. The zero-order valence-corrected chi connectivity index (χ0v) is 18.1. The molecule has 0 aliphatic carbocycles. The number of rotatable bonds is 7. The Balaban J connectivity index is 1.54. The van der Waals surface area contributed by atoms with Gasteiger partial charge in [0.2, 0.25) is 0 Å². The van der Waals surface area contributed by atoms with Gasteiger partial charge in [-0.2, -0.15) is 0 Å². The molecule has 7 heteroatoms. The summed E-state index contributed by atoms with van der Waals surface area (Å²) in [4.78, 5) is 52.2. The van der Waals surface area contributed by atoms with Crippen LogP contribution in [0.15, 0.2) is 72.8 Å². The van der Waals surface area contributed by atoms with Crippen LogP contribution in [0.2, 0.25) is 0 Å². The average Bonchev–Trinajstić information content (AvgIpc) is 3.07. The number of amides is 4. The summed E-state index contributed by atoms with van der Waals surface area (Å²) in [5, 5.41) is 5.54. The predicted molar refractivity (Wildman–Crippen MR) is 124 cm³/mol. The zero-order chi connectivity index (χ0) is 23.4. The standard InChI is InChI=1S/C26H23N3O4/c1-2-14-27-24(31)20-10-6-7-11-22(20)28-23(30)18-12-13-19-21(15-18)26(33)29(25(19)32)16-17-8-4-3-5-9-17/h3-13,15H,2,14,16H2,1H3,(H,27,31)(H,28,30). The van der Waals surface area contributed by atoms with Crippen molar-refractivity contribution < 1.29 is 19.2 Å². The summed E-state index contributed by atoms with van der Waals surface area (Å²) in [5.74, 6) is -1.58. The number of benzene rings is 3. The Bertz CT molecular complexity index is 1240. The van der Waals surface area contributed by atoms with Crippen LogP contribution in [0.4, 0.5) is 5.69 Å². The van der Waals surface area contributed by atoms with Crippen LogP contribution in [0.25, 0.3) is 0 Å². The number of carbonyl (C=O) groups is 4. The number of para-hydroxylation sites is 1.